The van der Waals surface area contributed by atoms with E-state index in [1.165, 1.54) is 0 Å². The second-order valence-electron chi connectivity index (χ2n) is 2.67. The van der Waals surface area contributed by atoms with Gasteiger partial charge >= 0.3 is 0 Å². The number of carbonyl (C=O) groups excluding carboxylic acids is 1. The van der Waals surface area contributed by atoms with Gasteiger partial charge in [0.1, 0.15) is 6.61 Å². The standard InChI is InChI=1S/C7H13NO2/c9-5-7(10)6-2-1-3-8-4-6/h6,8-9H,1-5H2/t6-/m1/s1. The van der Waals surface area contributed by atoms with Crippen molar-refractivity contribution in [1.82, 2.24) is 5.32 Å². The van der Waals surface area contributed by atoms with E-state index in [1.807, 2.05) is 0 Å². The highest BCUT2D eigenvalue weighted by Crippen LogP contribution is 2.09. The van der Waals surface area contributed by atoms with Gasteiger partial charge in [0.05, 0.1) is 0 Å². The molecule has 10 heavy (non-hydrogen) atoms. The minimum Gasteiger partial charge on any atom is -0.389 e. The number of hydrogen-bond acceptors (Lipinski definition) is 3. The first-order chi connectivity index (χ1) is 4.84. The van der Waals surface area contributed by atoms with Crippen LogP contribution in [0.15, 0.2) is 0 Å². The Morgan fingerprint density at radius 3 is 3.00 bits per heavy atom. The number of hydrogen-bond donors (Lipinski definition) is 2. The molecule has 0 bridgehead atoms. The molecular weight excluding hydrogens is 130 g/mol. The molecule has 1 saturated heterocycles. The predicted octanol–water partition coefficient (Wildman–Crippen LogP) is -0.453. The van der Waals surface area contributed by atoms with Gasteiger partial charge in [-0.25, -0.2) is 0 Å². The smallest absolute Gasteiger partial charge is 0.162 e. The SMILES string of the molecule is O=C(CO)[C@@H]1CCCNC1. The number of rotatable bonds is 2. The number of aliphatic hydroxyl groups is 1. The van der Waals surface area contributed by atoms with E-state index in [0.717, 1.165) is 25.9 Å². The van der Waals surface area contributed by atoms with E-state index in [-0.39, 0.29) is 18.3 Å². The van der Waals surface area contributed by atoms with E-state index < -0.39 is 0 Å². The average Bonchev–Trinajstić information content (AvgIpc) is 2.05. The van der Waals surface area contributed by atoms with Gasteiger partial charge in [0.25, 0.3) is 0 Å². The molecule has 1 aliphatic rings. The molecule has 0 aromatic rings. The topological polar surface area (TPSA) is 49.3 Å². The van der Waals surface area contributed by atoms with E-state index >= 15 is 0 Å². The Labute approximate surface area is 60.4 Å². The summed E-state index contributed by atoms with van der Waals surface area (Å²) in [6.07, 6.45) is 1.99. The van der Waals surface area contributed by atoms with Crippen molar-refractivity contribution in [1.29, 1.82) is 0 Å². The summed E-state index contributed by atoms with van der Waals surface area (Å²) >= 11 is 0. The summed E-state index contributed by atoms with van der Waals surface area (Å²) in [5, 5.41) is 11.6. The van der Waals surface area contributed by atoms with Crippen molar-refractivity contribution in [2.75, 3.05) is 19.7 Å². The molecule has 1 atom stereocenters. The Morgan fingerprint density at radius 1 is 1.70 bits per heavy atom. The second-order valence-corrected chi connectivity index (χ2v) is 2.67. The maximum absolute atomic E-state index is 10.9. The Balaban J connectivity index is 2.31. The van der Waals surface area contributed by atoms with Crippen LogP contribution in [0.1, 0.15) is 12.8 Å². The summed E-state index contributed by atoms with van der Waals surface area (Å²) in [6.45, 7) is 1.46. The zero-order valence-electron chi connectivity index (χ0n) is 5.97. The van der Waals surface area contributed by atoms with Crippen LogP contribution in [0.25, 0.3) is 0 Å². The zero-order chi connectivity index (χ0) is 7.40. The molecule has 3 nitrogen and oxygen atoms in total. The van der Waals surface area contributed by atoms with Crippen LogP contribution in [0.4, 0.5) is 0 Å². The van der Waals surface area contributed by atoms with Crippen molar-refractivity contribution in [3.8, 4) is 0 Å². The minimum atomic E-state index is -0.299. The normalized spacial score (nSPS) is 26.3. The summed E-state index contributed by atoms with van der Waals surface area (Å²) in [4.78, 5) is 10.9. The first kappa shape index (κ1) is 7.69. The van der Waals surface area contributed by atoms with Crippen molar-refractivity contribution in [3.63, 3.8) is 0 Å². The maximum atomic E-state index is 10.9. The van der Waals surface area contributed by atoms with E-state index in [4.69, 9.17) is 5.11 Å². The summed E-state index contributed by atoms with van der Waals surface area (Å²) in [7, 11) is 0. The van der Waals surface area contributed by atoms with Crippen LogP contribution in [0.5, 0.6) is 0 Å². The molecule has 3 heteroatoms. The molecule has 0 aromatic heterocycles. The van der Waals surface area contributed by atoms with Crippen LogP contribution in [0.3, 0.4) is 0 Å². The lowest BCUT2D eigenvalue weighted by Crippen LogP contribution is -2.35. The van der Waals surface area contributed by atoms with Crippen LogP contribution in [0, 0.1) is 5.92 Å². The molecular formula is C7H13NO2. The average molecular weight is 143 g/mol. The Morgan fingerprint density at radius 2 is 2.50 bits per heavy atom. The van der Waals surface area contributed by atoms with E-state index in [0.29, 0.717) is 0 Å². The van der Waals surface area contributed by atoms with Crippen molar-refractivity contribution < 1.29 is 9.90 Å². The third-order valence-electron chi connectivity index (χ3n) is 1.91. The molecule has 1 heterocycles. The fourth-order valence-electron chi connectivity index (χ4n) is 1.26. The van der Waals surface area contributed by atoms with Crippen molar-refractivity contribution >= 4 is 5.78 Å². The van der Waals surface area contributed by atoms with Gasteiger partial charge in [-0.15, -0.1) is 0 Å². The van der Waals surface area contributed by atoms with E-state index in [9.17, 15) is 4.79 Å². The number of nitrogens with one attached hydrogen (secondary N) is 1. The molecule has 0 saturated carbocycles. The van der Waals surface area contributed by atoms with Gasteiger partial charge in [-0.3, -0.25) is 4.79 Å². The van der Waals surface area contributed by atoms with Gasteiger partial charge < -0.3 is 10.4 Å². The molecule has 0 spiro atoms. The summed E-state index contributed by atoms with van der Waals surface area (Å²) in [5.41, 5.74) is 0. The minimum absolute atomic E-state index is 0.0211. The zero-order valence-corrected chi connectivity index (χ0v) is 5.97. The van der Waals surface area contributed by atoms with Gasteiger partial charge in [0.2, 0.25) is 0 Å². The number of aliphatic hydroxyl groups excluding tert-OH is 1. The van der Waals surface area contributed by atoms with Crippen LogP contribution in [0.2, 0.25) is 0 Å². The monoisotopic (exact) mass is 143 g/mol. The lowest BCUT2D eigenvalue weighted by atomic mass is 9.96. The Kier molecular flexibility index (Phi) is 2.83. The summed E-state index contributed by atoms with van der Waals surface area (Å²) in [5.74, 6) is 0.0472. The van der Waals surface area contributed by atoms with Gasteiger partial charge in [0.15, 0.2) is 5.78 Å². The largest absolute Gasteiger partial charge is 0.389 e. The quantitative estimate of drug-likeness (QED) is 0.550. The van der Waals surface area contributed by atoms with Gasteiger partial charge in [-0.05, 0) is 19.4 Å². The molecule has 0 aliphatic carbocycles. The lowest BCUT2D eigenvalue weighted by molar-refractivity contribution is -0.126. The fraction of sp³-hybridized carbons (Fsp3) is 0.857. The van der Waals surface area contributed by atoms with Gasteiger partial charge in [-0.1, -0.05) is 0 Å². The maximum Gasteiger partial charge on any atom is 0.162 e. The van der Waals surface area contributed by atoms with Gasteiger partial charge in [-0.2, -0.15) is 0 Å². The second kappa shape index (κ2) is 3.68. The van der Waals surface area contributed by atoms with Crippen molar-refractivity contribution in [2.45, 2.75) is 12.8 Å². The first-order valence-electron chi connectivity index (χ1n) is 3.69. The first-order valence-corrected chi connectivity index (χ1v) is 3.69. The predicted molar refractivity (Wildman–Crippen MR) is 37.7 cm³/mol. The molecule has 0 amide bonds. The summed E-state index contributed by atoms with van der Waals surface area (Å²) < 4.78 is 0. The number of carbonyl (C=O) groups is 1. The van der Waals surface area contributed by atoms with E-state index in [1.54, 1.807) is 0 Å². The van der Waals surface area contributed by atoms with E-state index in [2.05, 4.69) is 5.32 Å². The highest BCUT2D eigenvalue weighted by Gasteiger charge is 2.19. The molecule has 1 rings (SSSR count). The molecule has 0 unspecified atom stereocenters. The van der Waals surface area contributed by atoms with Crippen LogP contribution in [-0.2, 0) is 4.79 Å². The molecule has 2 N–H and O–H groups in total. The molecule has 1 fully saturated rings. The third kappa shape index (κ3) is 1.78. The fourth-order valence-corrected chi connectivity index (χ4v) is 1.26. The highest BCUT2D eigenvalue weighted by molar-refractivity contribution is 5.82. The van der Waals surface area contributed by atoms with Crippen LogP contribution >= 0.6 is 0 Å². The van der Waals surface area contributed by atoms with Crippen LogP contribution in [-0.4, -0.2) is 30.6 Å². The number of ketones is 1. The summed E-state index contributed by atoms with van der Waals surface area (Å²) in [6, 6.07) is 0. The van der Waals surface area contributed by atoms with Crippen LogP contribution < -0.4 is 5.32 Å². The molecule has 0 radical (unpaired) electrons. The Hall–Kier alpha value is -0.410. The highest BCUT2D eigenvalue weighted by atomic mass is 16.3. The number of Topliss-reactive ketones (excluding diaryl/α,β-unsaturated/α-hetero) is 1. The van der Waals surface area contributed by atoms with Crippen molar-refractivity contribution in [3.05, 3.63) is 0 Å². The molecule has 0 aromatic carbocycles. The molecule has 58 valence electrons. The van der Waals surface area contributed by atoms with Crippen molar-refractivity contribution in [2.24, 2.45) is 5.92 Å². The molecule has 1 aliphatic heterocycles. The lowest BCUT2D eigenvalue weighted by Gasteiger charge is -2.20. The Bertz CT molecular complexity index is 119. The third-order valence-corrected chi connectivity index (χ3v) is 1.91. The number of piperidine rings is 1. The van der Waals surface area contributed by atoms with Gasteiger partial charge in [0, 0.05) is 12.5 Å².